The van der Waals surface area contributed by atoms with Gasteiger partial charge in [-0.05, 0) is 29.7 Å². The van der Waals surface area contributed by atoms with Gasteiger partial charge in [0, 0.05) is 12.1 Å². The van der Waals surface area contributed by atoms with Crippen molar-refractivity contribution in [2.75, 3.05) is 48.4 Å². The van der Waals surface area contributed by atoms with Crippen LogP contribution in [-0.2, 0) is 15.9 Å². The molecule has 0 radical (unpaired) electrons. The summed E-state index contributed by atoms with van der Waals surface area (Å²) in [5, 5.41) is 2.69. The van der Waals surface area contributed by atoms with E-state index in [4.69, 9.17) is 33.2 Å². The predicted molar refractivity (Wildman–Crippen MR) is 132 cm³/mol. The number of hydrogen-bond donors (Lipinski definition) is 1. The van der Waals surface area contributed by atoms with Crippen LogP contribution < -0.4 is 29.0 Å². The average Bonchev–Trinajstić information content (AvgIpc) is 3.37. The van der Waals surface area contributed by atoms with Crippen molar-refractivity contribution in [1.82, 2.24) is 5.32 Å². The normalized spacial score (nSPS) is 11.7. The van der Waals surface area contributed by atoms with Crippen LogP contribution in [0.5, 0.6) is 28.7 Å². The molecule has 1 heterocycles. The lowest BCUT2D eigenvalue weighted by Gasteiger charge is -2.15. The topological polar surface area (TPSA) is 111 Å². The zero-order valence-electron chi connectivity index (χ0n) is 20.7. The van der Waals surface area contributed by atoms with Gasteiger partial charge in [0.05, 0.1) is 28.4 Å². The highest BCUT2D eigenvalue weighted by Gasteiger charge is 2.25. The van der Waals surface area contributed by atoms with E-state index < -0.39 is 12.1 Å². The first-order chi connectivity index (χ1) is 17.5. The number of esters is 1. The molecule has 2 aromatic rings. The van der Waals surface area contributed by atoms with E-state index in [1.165, 1.54) is 34.5 Å². The molecule has 36 heavy (non-hydrogen) atoms. The first-order valence-electron chi connectivity index (χ1n) is 11.0. The van der Waals surface area contributed by atoms with Crippen LogP contribution in [0.4, 0.5) is 4.79 Å². The second-order valence-electron chi connectivity index (χ2n) is 7.37. The van der Waals surface area contributed by atoms with E-state index in [1.807, 2.05) is 6.07 Å². The summed E-state index contributed by atoms with van der Waals surface area (Å²) < 4.78 is 37.5. The van der Waals surface area contributed by atoms with Gasteiger partial charge in [0.2, 0.25) is 12.5 Å². The molecule has 2 aromatic carbocycles. The number of fused-ring (bicyclic) bond motifs is 1. The number of carbonyl (C=O) groups is 2. The van der Waals surface area contributed by atoms with E-state index in [1.54, 1.807) is 24.3 Å². The Morgan fingerprint density at radius 2 is 1.83 bits per heavy atom. The van der Waals surface area contributed by atoms with Gasteiger partial charge in [0.25, 0.3) is 0 Å². The standard InChI is InChI=1S/C26H29NO9/c1-6-13-34-26(29)27-12-11-17-14-20-24(36-15-35-20)22(31-3)18(17)9-7-16-8-10-19(30-2)23(32-4)21(16)25(28)33-5/h6-10,14H,1,11-13,15H2,2-5H3,(H,27,29)/b9-7+. The fourth-order valence-corrected chi connectivity index (χ4v) is 3.72. The molecule has 1 aliphatic heterocycles. The zero-order valence-corrected chi connectivity index (χ0v) is 20.7. The molecule has 0 aliphatic carbocycles. The molecule has 0 spiro atoms. The number of methoxy groups -OCH3 is 4. The Morgan fingerprint density at radius 3 is 2.50 bits per heavy atom. The molecule has 0 aromatic heterocycles. The van der Waals surface area contributed by atoms with Crippen molar-refractivity contribution < 1.29 is 42.7 Å². The summed E-state index contributed by atoms with van der Waals surface area (Å²) >= 11 is 0. The van der Waals surface area contributed by atoms with Crippen molar-refractivity contribution in [3.63, 3.8) is 0 Å². The Hall–Kier alpha value is -4.34. The van der Waals surface area contributed by atoms with Crippen LogP contribution in [0.25, 0.3) is 12.2 Å². The number of hydrogen-bond acceptors (Lipinski definition) is 9. The van der Waals surface area contributed by atoms with Gasteiger partial charge in [0.1, 0.15) is 12.2 Å². The van der Waals surface area contributed by atoms with E-state index in [2.05, 4.69) is 11.9 Å². The first-order valence-corrected chi connectivity index (χ1v) is 11.0. The molecule has 3 rings (SSSR count). The van der Waals surface area contributed by atoms with Crippen molar-refractivity contribution in [2.24, 2.45) is 0 Å². The largest absolute Gasteiger partial charge is 0.493 e. The van der Waals surface area contributed by atoms with Crippen LogP contribution in [0, 0.1) is 0 Å². The molecular formula is C26H29NO9. The first kappa shape index (κ1) is 26.3. The SMILES string of the molecule is C=CCOC(=O)NCCc1cc2c(c(OC)c1/C=C/c1ccc(OC)c(OC)c1C(=O)OC)OCO2. The molecule has 10 heteroatoms. The fourth-order valence-electron chi connectivity index (χ4n) is 3.72. The van der Waals surface area contributed by atoms with Crippen molar-refractivity contribution in [3.05, 3.63) is 53.1 Å². The van der Waals surface area contributed by atoms with E-state index in [9.17, 15) is 9.59 Å². The third-order valence-electron chi connectivity index (χ3n) is 5.34. The maximum Gasteiger partial charge on any atom is 0.407 e. The summed E-state index contributed by atoms with van der Waals surface area (Å²) in [6, 6.07) is 5.25. The maximum atomic E-state index is 12.6. The van der Waals surface area contributed by atoms with Gasteiger partial charge in [-0.3, -0.25) is 0 Å². The monoisotopic (exact) mass is 499 g/mol. The highest BCUT2D eigenvalue weighted by Crippen LogP contribution is 2.46. The molecule has 192 valence electrons. The fraction of sp³-hybridized carbons (Fsp3) is 0.308. The van der Waals surface area contributed by atoms with E-state index in [0.717, 1.165) is 5.56 Å². The van der Waals surface area contributed by atoms with Gasteiger partial charge in [-0.1, -0.05) is 30.9 Å². The Labute approximate surface area is 209 Å². The summed E-state index contributed by atoms with van der Waals surface area (Å²) in [5.41, 5.74) is 2.25. The molecule has 1 N–H and O–H groups in total. The summed E-state index contributed by atoms with van der Waals surface area (Å²) in [5.74, 6) is 1.54. The van der Waals surface area contributed by atoms with Gasteiger partial charge in [-0.15, -0.1) is 0 Å². The van der Waals surface area contributed by atoms with Crippen molar-refractivity contribution in [3.8, 4) is 28.7 Å². The van der Waals surface area contributed by atoms with Crippen LogP contribution in [0.2, 0.25) is 0 Å². The predicted octanol–water partition coefficient (Wildman–Crippen LogP) is 3.85. The number of alkyl carbamates (subject to hydrolysis) is 1. The second-order valence-corrected chi connectivity index (χ2v) is 7.37. The molecule has 10 nitrogen and oxygen atoms in total. The molecule has 0 saturated heterocycles. The lowest BCUT2D eigenvalue weighted by atomic mass is 9.99. The minimum atomic E-state index is -0.578. The number of benzene rings is 2. The van der Waals surface area contributed by atoms with Crippen molar-refractivity contribution >= 4 is 24.2 Å². The smallest absolute Gasteiger partial charge is 0.407 e. The highest BCUT2D eigenvalue weighted by atomic mass is 16.7. The summed E-state index contributed by atoms with van der Waals surface area (Å²) in [6.45, 7) is 3.99. The van der Waals surface area contributed by atoms with Gasteiger partial charge in [-0.25, -0.2) is 9.59 Å². The molecule has 1 aliphatic rings. The van der Waals surface area contributed by atoms with Crippen LogP contribution in [0.1, 0.15) is 27.0 Å². The summed E-state index contributed by atoms with van der Waals surface area (Å²) in [6.07, 6.45) is 4.91. The van der Waals surface area contributed by atoms with Crippen LogP contribution in [0.15, 0.2) is 30.9 Å². The van der Waals surface area contributed by atoms with Crippen LogP contribution in [-0.4, -0.2) is 60.4 Å². The maximum absolute atomic E-state index is 12.6. The minimum absolute atomic E-state index is 0.0621. The molecule has 0 bridgehead atoms. The average molecular weight is 500 g/mol. The number of amides is 1. The summed E-state index contributed by atoms with van der Waals surface area (Å²) in [4.78, 5) is 24.4. The molecule has 0 unspecified atom stereocenters. The quantitative estimate of drug-likeness (QED) is 0.280. The zero-order chi connectivity index (χ0) is 26.1. The second kappa shape index (κ2) is 12.4. The Morgan fingerprint density at radius 1 is 1.06 bits per heavy atom. The van der Waals surface area contributed by atoms with Crippen LogP contribution in [0.3, 0.4) is 0 Å². The van der Waals surface area contributed by atoms with Gasteiger partial charge in [-0.2, -0.15) is 0 Å². The lowest BCUT2D eigenvalue weighted by Crippen LogP contribution is -2.26. The molecular weight excluding hydrogens is 470 g/mol. The van der Waals surface area contributed by atoms with Gasteiger partial charge < -0.3 is 38.5 Å². The van der Waals surface area contributed by atoms with Crippen molar-refractivity contribution in [2.45, 2.75) is 6.42 Å². The molecule has 0 fully saturated rings. The third kappa shape index (κ3) is 5.65. The van der Waals surface area contributed by atoms with E-state index >= 15 is 0 Å². The molecule has 0 atom stereocenters. The van der Waals surface area contributed by atoms with Crippen molar-refractivity contribution in [1.29, 1.82) is 0 Å². The van der Waals surface area contributed by atoms with Gasteiger partial charge in [0.15, 0.2) is 23.0 Å². The molecule has 1 amide bonds. The highest BCUT2D eigenvalue weighted by molar-refractivity contribution is 5.99. The van der Waals surface area contributed by atoms with Gasteiger partial charge >= 0.3 is 12.1 Å². The summed E-state index contributed by atoms with van der Waals surface area (Å²) in [7, 11) is 5.75. The number of carbonyl (C=O) groups excluding carboxylic acids is 2. The number of nitrogens with one attached hydrogen (secondary N) is 1. The Bertz CT molecular complexity index is 1160. The molecule has 0 saturated carbocycles. The third-order valence-corrected chi connectivity index (χ3v) is 5.34. The number of ether oxygens (including phenoxy) is 7. The van der Waals surface area contributed by atoms with Crippen LogP contribution >= 0.6 is 0 Å². The number of rotatable bonds is 11. The van der Waals surface area contributed by atoms with E-state index in [-0.39, 0.29) is 24.7 Å². The Kier molecular flexibility index (Phi) is 9.04. The lowest BCUT2D eigenvalue weighted by molar-refractivity contribution is 0.0596. The minimum Gasteiger partial charge on any atom is -0.493 e. The Balaban J connectivity index is 2.02. The van der Waals surface area contributed by atoms with E-state index in [0.29, 0.717) is 47.1 Å².